The van der Waals surface area contributed by atoms with Gasteiger partial charge in [0.1, 0.15) is 0 Å². The molecule has 0 aromatic rings. The molecule has 0 heterocycles. The lowest BCUT2D eigenvalue weighted by molar-refractivity contribution is -0.136. The molecule has 2 nitrogen and oxygen atoms in total. The average Bonchev–Trinajstić information content (AvgIpc) is 1.88. The molecule has 0 N–H and O–H groups in total. The number of hydrogen-bond acceptors (Lipinski definition) is 1. The Morgan fingerprint density at radius 2 is 2.00 bits per heavy atom. The molecular formula is C6H9F3NO. The molecule has 0 aliphatic carbocycles. The third-order valence-electron chi connectivity index (χ3n) is 1.18. The Kier molecular flexibility index (Phi) is 3.92. The van der Waals surface area contributed by atoms with Crippen LogP contribution in [0, 0.1) is 0 Å². The summed E-state index contributed by atoms with van der Waals surface area (Å²) < 4.78 is 34.6. The molecular weight excluding hydrogens is 159 g/mol. The number of carbonyl (C=O) groups excluding carboxylic acids is 1. The second-order valence-electron chi connectivity index (χ2n) is 2.04. The highest BCUT2D eigenvalue weighted by atomic mass is 19.4. The van der Waals surface area contributed by atoms with Crippen molar-refractivity contribution in [3.8, 4) is 0 Å². The summed E-state index contributed by atoms with van der Waals surface area (Å²) in [5, 5.41) is 0. The third-order valence-corrected chi connectivity index (χ3v) is 1.18. The van der Waals surface area contributed by atoms with Crippen LogP contribution in [0.3, 0.4) is 0 Å². The van der Waals surface area contributed by atoms with Crippen LogP contribution in [-0.4, -0.2) is 30.6 Å². The molecule has 0 aromatic heterocycles. The average molecular weight is 168 g/mol. The predicted octanol–water partition coefficient (Wildman–Crippen LogP) is 1.33. The molecule has 0 saturated heterocycles. The molecule has 0 atom stereocenters. The van der Waals surface area contributed by atoms with Crippen LogP contribution in [-0.2, 0) is 4.79 Å². The van der Waals surface area contributed by atoms with Gasteiger partial charge in [-0.25, -0.2) is 0 Å². The summed E-state index contributed by atoms with van der Waals surface area (Å²) in [6.45, 7) is 1.56. The van der Waals surface area contributed by atoms with Crippen molar-refractivity contribution in [3.05, 3.63) is 0 Å². The van der Waals surface area contributed by atoms with Gasteiger partial charge in [-0.2, -0.15) is 13.2 Å². The van der Waals surface area contributed by atoms with E-state index in [0.717, 1.165) is 4.90 Å². The van der Waals surface area contributed by atoms with Crippen LogP contribution in [0.5, 0.6) is 0 Å². The van der Waals surface area contributed by atoms with Gasteiger partial charge >= 0.3 is 12.6 Å². The third kappa shape index (κ3) is 5.69. The molecule has 11 heavy (non-hydrogen) atoms. The molecule has 0 aliphatic heterocycles. The lowest BCUT2D eigenvalue weighted by Crippen LogP contribution is -2.26. The summed E-state index contributed by atoms with van der Waals surface area (Å²) >= 11 is 0. The topological polar surface area (TPSA) is 20.3 Å². The molecule has 5 heteroatoms. The van der Waals surface area contributed by atoms with Crippen LogP contribution in [0.1, 0.15) is 13.3 Å². The van der Waals surface area contributed by atoms with Crippen molar-refractivity contribution in [3.63, 3.8) is 0 Å². The first kappa shape index (κ1) is 10.3. The van der Waals surface area contributed by atoms with E-state index in [1.165, 1.54) is 6.41 Å². The minimum absolute atomic E-state index is 0.263. The largest absolute Gasteiger partial charge is 0.390 e. The van der Waals surface area contributed by atoms with Crippen LogP contribution in [0.25, 0.3) is 0 Å². The Hall–Kier alpha value is -0.740. The lowest BCUT2D eigenvalue weighted by Gasteiger charge is -2.14. The molecule has 0 aliphatic rings. The molecule has 1 radical (unpaired) electrons. The Morgan fingerprint density at radius 1 is 1.45 bits per heavy atom. The van der Waals surface area contributed by atoms with Crippen LogP contribution in [0.4, 0.5) is 13.2 Å². The van der Waals surface area contributed by atoms with Gasteiger partial charge in [-0.05, 0) is 6.92 Å². The first-order valence-corrected chi connectivity index (χ1v) is 3.19. The zero-order chi connectivity index (χ0) is 8.91. The van der Waals surface area contributed by atoms with Gasteiger partial charge in [-0.15, -0.1) is 0 Å². The van der Waals surface area contributed by atoms with Crippen LogP contribution < -0.4 is 0 Å². The number of rotatable bonds is 4. The maximum Gasteiger partial charge on any atom is 0.390 e. The normalized spacial score (nSPS) is 11.3. The number of nitrogens with zero attached hydrogens (tertiary/aromatic N) is 1. The van der Waals surface area contributed by atoms with Crippen molar-refractivity contribution in [1.29, 1.82) is 0 Å². The van der Waals surface area contributed by atoms with Crippen molar-refractivity contribution < 1.29 is 18.0 Å². The zero-order valence-electron chi connectivity index (χ0n) is 6.11. The van der Waals surface area contributed by atoms with Gasteiger partial charge < -0.3 is 4.90 Å². The summed E-state index contributed by atoms with van der Waals surface area (Å²) in [6.07, 6.45) is -3.74. The second-order valence-corrected chi connectivity index (χ2v) is 2.04. The van der Waals surface area contributed by atoms with Crippen molar-refractivity contribution >= 4 is 6.41 Å². The fourth-order valence-corrected chi connectivity index (χ4v) is 0.530. The predicted molar refractivity (Wildman–Crippen MR) is 33.6 cm³/mol. The Labute approximate surface area is 63.0 Å². The fraction of sp³-hybridized carbons (Fsp3) is 0.833. The molecule has 0 bridgehead atoms. The highest BCUT2D eigenvalue weighted by Gasteiger charge is 2.27. The van der Waals surface area contributed by atoms with Crippen LogP contribution in [0.15, 0.2) is 0 Å². The minimum atomic E-state index is -4.19. The van der Waals surface area contributed by atoms with Gasteiger partial charge in [-0.3, -0.25) is 4.79 Å². The summed E-state index contributed by atoms with van der Waals surface area (Å²) in [5.74, 6) is 0. The van der Waals surface area contributed by atoms with E-state index in [0.29, 0.717) is 0 Å². The van der Waals surface area contributed by atoms with Gasteiger partial charge in [0.05, 0.1) is 6.42 Å². The summed E-state index contributed by atoms with van der Waals surface area (Å²) in [7, 11) is 0. The summed E-state index contributed by atoms with van der Waals surface area (Å²) in [6, 6.07) is 0. The van der Waals surface area contributed by atoms with E-state index in [2.05, 4.69) is 0 Å². The van der Waals surface area contributed by atoms with E-state index >= 15 is 0 Å². The molecule has 1 amide bonds. The van der Waals surface area contributed by atoms with Crippen molar-refractivity contribution in [2.24, 2.45) is 0 Å². The van der Waals surface area contributed by atoms with Gasteiger partial charge in [0.2, 0.25) is 0 Å². The lowest BCUT2D eigenvalue weighted by atomic mass is 10.4. The van der Waals surface area contributed by atoms with Crippen molar-refractivity contribution in [2.45, 2.75) is 19.5 Å². The van der Waals surface area contributed by atoms with Crippen LogP contribution >= 0.6 is 0 Å². The van der Waals surface area contributed by atoms with Gasteiger partial charge in [-0.1, -0.05) is 0 Å². The van der Waals surface area contributed by atoms with Crippen molar-refractivity contribution in [1.82, 2.24) is 4.90 Å². The van der Waals surface area contributed by atoms with E-state index in [9.17, 15) is 18.0 Å². The van der Waals surface area contributed by atoms with E-state index in [1.807, 2.05) is 0 Å². The highest BCUT2D eigenvalue weighted by molar-refractivity contribution is 5.47. The molecule has 0 fully saturated rings. The number of hydrogen-bond donors (Lipinski definition) is 0. The van der Waals surface area contributed by atoms with E-state index in [1.54, 1.807) is 6.92 Å². The number of alkyl halides is 3. The van der Waals surface area contributed by atoms with Gasteiger partial charge in [0.15, 0.2) is 0 Å². The zero-order valence-corrected chi connectivity index (χ0v) is 6.11. The number of halogens is 3. The quantitative estimate of drug-likeness (QED) is 0.580. The Balaban J connectivity index is 3.59. The SMILES string of the molecule is CCN([C]=O)CCC(F)(F)F. The van der Waals surface area contributed by atoms with Gasteiger partial charge in [0, 0.05) is 13.1 Å². The van der Waals surface area contributed by atoms with Crippen LogP contribution in [0.2, 0.25) is 0 Å². The first-order valence-electron chi connectivity index (χ1n) is 3.19. The molecule has 0 rings (SSSR count). The van der Waals surface area contributed by atoms with E-state index < -0.39 is 12.6 Å². The maximum absolute atomic E-state index is 11.5. The standard InChI is InChI=1S/C6H9F3NO/c1-2-10(5-11)4-3-6(7,8)9/h2-4H2,1H3. The summed E-state index contributed by atoms with van der Waals surface area (Å²) in [5.41, 5.74) is 0. The summed E-state index contributed by atoms with van der Waals surface area (Å²) in [4.78, 5) is 10.8. The molecule has 0 unspecified atom stereocenters. The smallest absolute Gasteiger partial charge is 0.334 e. The molecule has 0 aromatic carbocycles. The minimum Gasteiger partial charge on any atom is -0.334 e. The fourth-order valence-electron chi connectivity index (χ4n) is 0.530. The highest BCUT2D eigenvalue weighted by Crippen LogP contribution is 2.19. The molecule has 0 saturated carbocycles. The molecule has 0 spiro atoms. The second kappa shape index (κ2) is 4.20. The van der Waals surface area contributed by atoms with Crippen molar-refractivity contribution in [2.75, 3.05) is 13.1 Å². The Bertz CT molecular complexity index is 123. The maximum atomic E-state index is 11.5. The Morgan fingerprint density at radius 3 is 2.27 bits per heavy atom. The van der Waals surface area contributed by atoms with E-state index in [-0.39, 0.29) is 13.1 Å². The first-order chi connectivity index (χ1) is 4.99. The van der Waals surface area contributed by atoms with E-state index in [4.69, 9.17) is 0 Å². The monoisotopic (exact) mass is 168 g/mol. The van der Waals surface area contributed by atoms with Gasteiger partial charge in [0.25, 0.3) is 0 Å². The molecule has 65 valence electrons. The number of amides is 1.